The van der Waals surface area contributed by atoms with Crippen LogP contribution in [-0.4, -0.2) is 28.3 Å². The molecule has 0 saturated carbocycles. The SMILES string of the molecule is CC(C)(O)CN.CCCCCCCCCCCCCC(=O)O. The number of aliphatic hydroxyl groups is 1. The van der Waals surface area contributed by atoms with Gasteiger partial charge in [0.25, 0.3) is 0 Å². The zero-order valence-electron chi connectivity index (χ0n) is 15.1. The molecule has 4 N–H and O–H groups in total. The lowest BCUT2D eigenvalue weighted by Gasteiger charge is -2.11. The van der Waals surface area contributed by atoms with E-state index in [4.69, 9.17) is 15.9 Å². The van der Waals surface area contributed by atoms with Crippen molar-refractivity contribution < 1.29 is 15.0 Å². The molecular weight excluding hydrogens is 278 g/mol. The van der Waals surface area contributed by atoms with Crippen molar-refractivity contribution in [3.05, 3.63) is 0 Å². The van der Waals surface area contributed by atoms with Crippen LogP contribution in [0, 0.1) is 0 Å². The molecule has 0 aliphatic carbocycles. The predicted molar refractivity (Wildman–Crippen MR) is 94.1 cm³/mol. The molecule has 0 radical (unpaired) electrons. The van der Waals surface area contributed by atoms with E-state index in [1.807, 2.05) is 0 Å². The molecule has 0 aromatic carbocycles. The Bertz CT molecular complexity index is 237. The van der Waals surface area contributed by atoms with Gasteiger partial charge in [-0.2, -0.15) is 0 Å². The van der Waals surface area contributed by atoms with Gasteiger partial charge in [-0.1, -0.05) is 71.1 Å². The van der Waals surface area contributed by atoms with E-state index in [-0.39, 0.29) is 0 Å². The summed E-state index contributed by atoms with van der Waals surface area (Å²) in [5, 5.41) is 17.2. The Morgan fingerprint density at radius 1 is 0.864 bits per heavy atom. The summed E-state index contributed by atoms with van der Waals surface area (Å²) in [6.07, 6.45) is 14.4. The summed E-state index contributed by atoms with van der Waals surface area (Å²) in [7, 11) is 0. The molecule has 0 heterocycles. The van der Waals surface area contributed by atoms with Crippen LogP contribution in [0.5, 0.6) is 0 Å². The number of nitrogens with two attached hydrogens (primary N) is 1. The highest BCUT2D eigenvalue weighted by molar-refractivity contribution is 5.66. The van der Waals surface area contributed by atoms with E-state index in [0.717, 1.165) is 12.8 Å². The molecule has 0 unspecified atom stereocenters. The molecule has 134 valence electrons. The van der Waals surface area contributed by atoms with Crippen LogP contribution < -0.4 is 5.73 Å². The smallest absolute Gasteiger partial charge is 0.303 e. The summed E-state index contributed by atoms with van der Waals surface area (Å²) in [5.74, 6) is -0.657. The van der Waals surface area contributed by atoms with Crippen LogP contribution in [0.25, 0.3) is 0 Å². The molecule has 0 aliphatic rings. The van der Waals surface area contributed by atoms with E-state index in [0.29, 0.717) is 13.0 Å². The van der Waals surface area contributed by atoms with Crippen molar-refractivity contribution in [2.75, 3.05) is 6.54 Å². The number of aliphatic carboxylic acids is 1. The second-order valence-corrected chi connectivity index (χ2v) is 6.70. The first-order chi connectivity index (χ1) is 10.3. The number of rotatable bonds is 13. The van der Waals surface area contributed by atoms with Crippen LogP contribution in [0.3, 0.4) is 0 Å². The number of unbranched alkanes of at least 4 members (excludes halogenated alkanes) is 10. The summed E-state index contributed by atoms with van der Waals surface area (Å²) in [6.45, 7) is 5.92. The molecule has 0 aromatic rings. The first kappa shape index (κ1) is 23.7. The largest absolute Gasteiger partial charge is 0.481 e. The van der Waals surface area contributed by atoms with E-state index < -0.39 is 11.6 Å². The fourth-order valence-corrected chi connectivity index (χ4v) is 1.94. The molecule has 4 nitrogen and oxygen atoms in total. The number of carboxylic acid groups (broad SMARTS) is 1. The summed E-state index contributed by atoms with van der Waals surface area (Å²) >= 11 is 0. The highest BCUT2D eigenvalue weighted by atomic mass is 16.4. The molecule has 0 aromatic heterocycles. The second-order valence-electron chi connectivity index (χ2n) is 6.70. The second kappa shape index (κ2) is 16.8. The van der Waals surface area contributed by atoms with Crippen molar-refractivity contribution in [1.82, 2.24) is 0 Å². The third kappa shape index (κ3) is 27.7. The highest BCUT2D eigenvalue weighted by Crippen LogP contribution is 2.11. The van der Waals surface area contributed by atoms with E-state index in [2.05, 4.69) is 6.92 Å². The maximum atomic E-state index is 10.3. The van der Waals surface area contributed by atoms with Crippen molar-refractivity contribution >= 4 is 5.97 Å². The fraction of sp³-hybridized carbons (Fsp3) is 0.944. The topological polar surface area (TPSA) is 83.5 Å². The minimum Gasteiger partial charge on any atom is -0.481 e. The van der Waals surface area contributed by atoms with Gasteiger partial charge in [-0.25, -0.2) is 0 Å². The quantitative estimate of drug-likeness (QED) is 0.437. The molecule has 0 rings (SSSR count). The number of carbonyl (C=O) groups is 1. The molecule has 0 aliphatic heterocycles. The van der Waals surface area contributed by atoms with Gasteiger partial charge in [0.15, 0.2) is 0 Å². The molecule has 0 amide bonds. The van der Waals surface area contributed by atoms with Crippen LogP contribution in [0.15, 0.2) is 0 Å². The minimum atomic E-state index is -0.681. The lowest BCUT2D eigenvalue weighted by Crippen LogP contribution is -2.29. The van der Waals surface area contributed by atoms with Gasteiger partial charge in [0.05, 0.1) is 5.60 Å². The fourth-order valence-electron chi connectivity index (χ4n) is 1.94. The molecule has 0 spiro atoms. The van der Waals surface area contributed by atoms with Crippen molar-refractivity contribution in [3.8, 4) is 0 Å². The Morgan fingerprint density at radius 3 is 1.45 bits per heavy atom. The Kier molecular flexibility index (Phi) is 18.0. The highest BCUT2D eigenvalue weighted by Gasteiger charge is 2.06. The van der Waals surface area contributed by atoms with Crippen molar-refractivity contribution in [3.63, 3.8) is 0 Å². The Labute approximate surface area is 137 Å². The molecular formula is C18H39NO3. The van der Waals surface area contributed by atoms with Gasteiger partial charge >= 0.3 is 5.97 Å². The zero-order valence-corrected chi connectivity index (χ0v) is 15.1. The molecule has 0 fully saturated rings. The predicted octanol–water partition coefficient (Wildman–Crippen LogP) is 4.49. The van der Waals surface area contributed by atoms with Gasteiger partial charge in [-0.3, -0.25) is 4.79 Å². The maximum absolute atomic E-state index is 10.3. The van der Waals surface area contributed by atoms with Crippen molar-refractivity contribution in [1.29, 1.82) is 0 Å². The van der Waals surface area contributed by atoms with Gasteiger partial charge in [0.1, 0.15) is 0 Å². The first-order valence-electron chi connectivity index (χ1n) is 8.97. The normalized spacial score (nSPS) is 11.0. The lowest BCUT2D eigenvalue weighted by molar-refractivity contribution is -0.137. The number of hydrogen-bond donors (Lipinski definition) is 3. The van der Waals surface area contributed by atoms with E-state index in [1.165, 1.54) is 57.8 Å². The van der Waals surface area contributed by atoms with Crippen LogP contribution in [0.2, 0.25) is 0 Å². The third-order valence-corrected chi connectivity index (χ3v) is 3.49. The van der Waals surface area contributed by atoms with E-state index in [1.54, 1.807) is 13.8 Å². The average molecular weight is 318 g/mol. The Hall–Kier alpha value is -0.610. The minimum absolute atomic E-state index is 0.326. The van der Waals surface area contributed by atoms with Crippen molar-refractivity contribution in [2.45, 2.75) is 103 Å². The molecule has 22 heavy (non-hydrogen) atoms. The van der Waals surface area contributed by atoms with Crippen LogP contribution in [-0.2, 0) is 4.79 Å². The lowest BCUT2D eigenvalue weighted by atomic mass is 10.1. The molecule has 0 bridgehead atoms. The summed E-state index contributed by atoms with van der Waals surface area (Å²) in [4.78, 5) is 10.3. The summed E-state index contributed by atoms with van der Waals surface area (Å²) in [5.41, 5.74) is 4.38. The number of carboxylic acids is 1. The van der Waals surface area contributed by atoms with Gasteiger partial charge in [0.2, 0.25) is 0 Å². The zero-order chi connectivity index (χ0) is 17.3. The third-order valence-electron chi connectivity index (χ3n) is 3.49. The first-order valence-corrected chi connectivity index (χ1v) is 8.97. The number of hydrogen-bond acceptors (Lipinski definition) is 3. The van der Waals surface area contributed by atoms with Gasteiger partial charge in [0, 0.05) is 13.0 Å². The van der Waals surface area contributed by atoms with Gasteiger partial charge in [-0.05, 0) is 20.3 Å². The molecule has 0 atom stereocenters. The standard InChI is InChI=1S/C14H28O2.C4H11NO/c1-2-3-4-5-6-7-8-9-10-11-12-13-14(15)16;1-4(2,6)3-5/h2-13H2,1H3,(H,15,16);6H,3,5H2,1-2H3. The summed E-state index contributed by atoms with van der Waals surface area (Å²) in [6, 6.07) is 0. The Morgan fingerprint density at radius 2 is 1.18 bits per heavy atom. The molecule has 0 saturated heterocycles. The van der Waals surface area contributed by atoms with Crippen LogP contribution in [0.4, 0.5) is 0 Å². The maximum Gasteiger partial charge on any atom is 0.303 e. The molecule has 4 heteroatoms. The van der Waals surface area contributed by atoms with Crippen LogP contribution >= 0.6 is 0 Å². The van der Waals surface area contributed by atoms with Gasteiger partial charge in [-0.15, -0.1) is 0 Å². The monoisotopic (exact) mass is 317 g/mol. The average Bonchev–Trinajstić information content (AvgIpc) is 2.44. The van der Waals surface area contributed by atoms with E-state index in [9.17, 15) is 4.79 Å². The van der Waals surface area contributed by atoms with Crippen molar-refractivity contribution in [2.24, 2.45) is 5.73 Å². The Balaban J connectivity index is 0. The summed E-state index contributed by atoms with van der Waals surface area (Å²) < 4.78 is 0. The van der Waals surface area contributed by atoms with Crippen LogP contribution in [0.1, 0.15) is 97.8 Å². The van der Waals surface area contributed by atoms with E-state index >= 15 is 0 Å². The van der Waals surface area contributed by atoms with Gasteiger partial charge < -0.3 is 15.9 Å².